The van der Waals surface area contributed by atoms with E-state index in [2.05, 4.69) is 0 Å². The van der Waals surface area contributed by atoms with Gasteiger partial charge in [0.1, 0.15) is 17.8 Å². The molecule has 0 aromatic heterocycles. The zero-order chi connectivity index (χ0) is 29.3. The monoisotopic (exact) mass is 556 g/mol. The Balaban J connectivity index is 1.80. The highest BCUT2D eigenvalue weighted by Crippen LogP contribution is 2.64. The molecule has 2 bridgehead atoms. The number of aliphatic hydroxyl groups excluding tert-OH is 1. The fourth-order valence-corrected chi connectivity index (χ4v) is 7.83. The third kappa shape index (κ3) is 3.79. The molecule has 0 radical (unpaired) electrons. The molecule has 40 heavy (non-hydrogen) atoms. The number of fused-ring (bicyclic) bond motifs is 5. The van der Waals surface area contributed by atoms with Crippen LogP contribution in [0.1, 0.15) is 64.2 Å². The molecule has 1 heterocycles. The van der Waals surface area contributed by atoms with Gasteiger partial charge in [0.05, 0.1) is 24.2 Å². The Labute approximate surface area is 232 Å². The zero-order valence-corrected chi connectivity index (χ0v) is 23.3. The molecule has 1 aromatic carbocycles. The Hall–Kier alpha value is -3.08. The van der Waals surface area contributed by atoms with Crippen molar-refractivity contribution >= 4 is 24.2 Å². The second-order valence-electron chi connectivity index (χ2n) is 12.3. The maximum Gasteiger partial charge on any atom is 0.338 e. The van der Waals surface area contributed by atoms with Crippen LogP contribution in [0.15, 0.2) is 41.5 Å². The Morgan fingerprint density at radius 2 is 1.82 bits per heavy atom. The minimum absolute atomic E-state index is 0.0792. The van der Waals surface area contributed by atoms with Gasteiger partial charge in [0.2, 0.25) is 0 Å². The van der Waals surface area contributed by atoms with Gasteiger partial charge < -0.3 is 29.2 Å². The van der Waals surface area contributed by atoms with E-state index in [1.54, 1.807) is 58.0 Å². The minimum Gasteiger partial charge on any atom is -0.455 e. The summed E-state index contributed by atoms with van der Waals surface area (Å²) < 4.78 is 23.5. The molecule has 2 N–H and O–H groups in total. The zero-order valence-electron chi connectivity index (χ0n) is 23.3. The Morgan fingerprint density at radius 1 is 1.15 bits per heavy atom. The Bertz CT molecular complexity index is 1270. The van der Waals surface area contributed by atoms with Gasteiger partial charge in [-0.2, -0.15) is 0 Å². The van der Waals surface area contributed by atoms with Crippen molar-refractivity contribution in [1.82, 2.24) is 0 Å². The van der Waals surface area contributed by atoms with E-state index in [-0.39, 0.29) is 37.1 Å². The summed E-state index contributed by atoms with van der Waals surface area (Å²) in [6.45, 7) is 8.02. The van der Waals surface area contributed by atoms with Gasteiger partial charge in [-0.25, -0.2) is 4.79 Å². The summed E-state index contributed by atoms with van der Waals surface area (Å²) in [6.07, 6.45) is -4.35. The first kappa shape index (κ1) is 28.4. The Morgan fingerprint density at radius 3 is 2.40 bits per heavy atom. The molecule has 0 spiro atoms. The molecule has 1 aromatic rings. The van der Waals surface area contributed by atoms with Crippen molar-refractivity contribution in [2.45, 2.75) is 89.5 Å². The fraction of sp³-hybridized carbons (Fsp3) is 0.600. The standard InChI is InChI=1S/C30H36O10/c1-16-19(33)13-30(36)25(39-26(35)18-9-7-6-8-10-18)23-28(5,12-11-20-29(23,14-37-20)40-17(2)32)24(34)22(38-15-31)21(16)27(30,3)4/h6-10,15,19-20,22-23,25,33,36H,11-14H2,1-5H3/t19-,20+,22+,23-,25-,28+,29-,30+/m0/s1. The second-order valence-corrected chi connectivity index (χ2v) is 12.3. The van der Waals surface area contributed by atoms with Crippen LogP contribution in [0.4, 0.5) is 0 Å². The van der Waals surface area contributed by atoms with E-state index < -0.39 is 70.1 Å². The van der Waals surface area contributed by atoms with Crippen molar-refractivity contribution in [3.8, 4) is 0 Å². The molecular weight excluding hydrogens is 520 g/mol. The predicted octanol–water partition coefficient (Wildman–Crippen LogP) is 2.29. The molecule has 216 valence electrons. The molecule has 8 atom stereocenters. The summed E-state index contributed by atoms with van der Waals surface area (Å²) in [7, 11) is 0. The number of ketones is 1. The van der Waals surface area contributed by atoms with Crippen molar-refractivity contribution < 1.29 is 48.3 Å². The van der Waals surface area contributed by atoms with Crippen LogP contribution >= 0.6 is 0 Å². The number of carbonyl (C=O) groups is 4. The molecule has 1 saturated heterocycles. The van der Waals surface area contributed by atoms with Gasteiger partial charge in [0.25, 0.3) is 6.47 Å². The smallest absolute Gasteiger partial charge is 0.338 e. The topological polar surface area (TPSA) is 146 Å². The van der Waals surface area contributed by atoms with Crippen molar-refractivity contribution in [1.29, 1.82) is 0 Å². The maximum absolute atomic E-state index is 14.6. The molecule has 2 saturated carbocycles. The van der Waals surface area contributed by atoms with Crippen LogP contribution < -0.4 is 0 Å². The van der Waals surface area contributed by atoms with E-state index in [4.69, 9.17) is 18.9 Å². The van der Waals surface area contributed by atoms with E-state index in [1.165, 1.54) is 6.92 Å². The first-order chi connectivity index (χ1) is 18.7. The highest BCUT2D eigenvalue weighted by Gasteiger charge is 2.76. The molecule has 3 aliphatic carbocycles. The van der Waals surface area contributed by atoms with Crippen molar-refractivity contribution in [3.05, 3.63) is 47.0 Å². The summed E-state index contributed by atoms with van der Waals surface area (Å²) in [5.41, 5.74) is -5.22. The van der Waals surface area contributed by atoms with E-state index >= 15 is 0 Å². The lowest BCUT2D eigenvalue weighted by molar-refractivity contribution is -0.332. The molecule has 0 unspecified atom stereocenters. The largest absolute Gasteiger partial charge is 0.455 e. The lowest BCUT2D eigenvalue weighted by Crippen LogP contribution is -2.79. The number of esters is 2. The third-order valence-corrected chi connectivity index (χ3v) is 9.98. The fourth-order valence-electron chi connectivity index (χ4n) is 7.83. The van der Waals surface area contributed by atoms with Crippen LogP contribution in [0.5, 0.6) is 0 Å². The molecule has 10 nitrogen and oxygen atoms in total. The molecule has 10 heteroatoms. The van der Waals surface area contributed by atoms with Gasteiger partial charge >= 0.3 is 11.9 Å². The number of benzene rings is 1. The van der Waals surface area contributed by atoms with Crippen molar-refractivity contribution in [3.63, 3.8) is 0 Å². The lowest BCUT2D eigenvalue weighted by Gasteiger charge is -2.66. The average Bonchev–Trinajstić information content (AvgIpc) is 2.88. The SMILES string of the molecule is CC(=O)O[C@@]12CO[C@@H]1CC[C@@]1(C)C(=O)[C@H](OC=O)C3=C(C)[C@@H](O)C[C@@](O)([C@@H](OC(=O)c4ccccc4)[C@H]21)C3(C)C. The van der Waals surface area contributed by atoms with Gasteiger partial charge in [0, 0.05) is 24.2 Å². The Kier molecular flexibility index (Phi) is 6.75. The van der Waals surface area contributed by atoms with Crippen LogP contribution in [-0.2, 0) is 33.3 Å². The van der Waals surface area contributed by atoms with E-state index in [9.17, 15) is 29.4 Å². The number of carbonyl (C=O) groups excluding carboxylic acids is 4. The van der Waals surface area contributed by atoms with E-state index in [0.29, 0.717) is 12.0 Å². The molecule has 0 amide bonds. The number of hydrogen-bond donors (Lipinski definition) is 2. The van der Waals surface area contributed by atoms with Crippen LogP contribution in [0.25, 0.3) is 0 Å². The molecule has 1 aliphatic heterocycles. The summed E-state index contributed by atoms with van der Waals surface area (Å²) in [5, 5.41) is 24.0. The quantitative estimate of drug-likeness (QED) is 0.240. The minimum atomic E-state index is -1.98. The van der Waals surface area contributed by atoms with Crippen LogP contribution in [0, 0.1) is 16.7 Å². The third-order valence-electron chi connectivity index (χ3n) is 9.98. The number of aliphatic hydroxyl groups is 2. The van der Waals surface area contributed by atoms with Crippen LogP contribution in [0.3, 0.4) is 0 Å². The molecular formula is C30H36O10. The molecule has 4 aliphatic rings. The number of hydrogen-bond acceptors (Lipinski definition) is 10. The lowest BCUT2D eigenvalue weighted by atomic mass is 9.45. The van der Waals surface area contributed by atoms with Gasteiger partial charge in [-0.1, -0.05) is 39.0 Å². The van der Waals surface area contributed by atoms with E-state index in [0.717, 1.165) is 0 Å². The second kappa shape index (κ2) is 9.49. The summed E-state index contributed by atoms with van der Waals surface area (Å²) in [5.74, 6) is -2.94. The highest BCUT2D eigenvalue weighted by molar-refractivity contribution is 5.94. The first-order valence-corrected chi connectivity index (χ1v) is 13.6. The van der Waals surface area contributed by atoms with Crippen molar-refractivity contribution in [2.75, 3.05) is 6.61 Å². The predicted molar refractivity (Wildman–Crippen MR) is 139 cm³/mol. The van der Waals surface area contributed by atoms with Crippen LogP contribution in [0.2, 0.25) is 0 Å². The van der Waals surface area contributed by atoms with E-state index in [1.807, 2.05) is 0 Å². The first-order valence-electron chi connectivity index (χ1n) is 13.6. The van der Waals surface area contributed by atoms with Gasteiger partial charge in [-0.3, -0.25) is 14.4 Å². The van der Waals surface area contributed by atoms with Crippen molar-refractivity contribution in [2.24, 2.45) is 16.7 Å². The summed E-state index contributed by atoms with van der Waals surface area (Å²) in [6, 6.07) is 8.24. The molecule has 3 fully saturated rings. The van der Waals surface area contributed by atoms with Crippen LogP contribution in [-0.4, -0.2) is 76.6 Å². The number of Topliss-reactive ketones (excluding diaryl/α,β-unsaturated/α-hetero) is 1. The summed E-state index contributed by atoms with van der Waals surface area (Å²) >= 11 is 0. The highest BCUT2D eigenvalue weighted by atomic mass is 16.6. The van der Waals surface area contributed by atoms with Gasteiger partial charge in [0.15, 0.2) is 17.5 Å². The molecule has 5 rings (SSSR count). The number of ether oxygens (including phenoxy) is 4. The summed E-state index contributed by atoms with van der Waals surface area (Å²) in [4.78, 5) is 52.5. The average molecular weight is 557 g/mol. The normalized spacial score (nSPS) is 39.9. The maximum atomic E-state index is 14.6. The number of rotatable bonds is 5. The van der Waals surface area contributed by atoms with Gasteiger partial charge in [-0.15, -0.1) is 0 Å². The van der Waals surface area contributed by atoms with Gasteiger partial charge in [-0.05, 0) is 43.0 Å².